The van der Waals surface area contributed by atoms with E-state index >= 15 is 0 Å². The number of carboxylic acid groups (broad SMARTS) is 1. The van der Waals surface area contributed by atoms with E-state index in [9.17, 15) is 50.1 Å². The molecule has 2 aromatic rings. The molecule has 12 nitrogen and oxygen atoms in total. The van der Waals surface area contributed by atoms with Crippen LogP contribution < -0.4 is 10.6 Å². The third-order valence-electron chi connectivity index (χ3n) is 3.99. The van der Waals surface area contributed by atoms with E-state index in [-0.39, 0.29) is 24.1 Å². The van der Waals surface area contributed by atoms with Crippen molar-refractivity contribution in [3.8, 4) is 34.5 Å². The summed E-state index contributed by atoms with van der Waals surface area (Å²) in [4.78, 5) is 35.6. The van der Waals surface area contributed by atoms with E-state index < -0.39 is 58.3 Å². The second kappa shape index (κ2) is 8.77. The Morgan fingerprint density at radius 3 is 1.53 bits per heavy atom. The van der Waals surface area contributed by atoms with Gasteiger partial charge in [-0.3, -0.25) is 9.59 Å². The van der Waals surface area contributed by atoms with Gasteiger partial charge < -0.3 is 46.4 Å². The molecule has 0 heterocycles. The number of phenolic OH excluding ortho intramolecular Hbond substituents is 6. The second-order valence-corrected chi connectivity index (χ2v) is 6.14. The average molecular weight is 422 g/mol. The van der Waals surface area contributed by atoms with Crippen molar-refractivity contribution in [3.05, 3.63) is 35.4 Å². The maximum atomic E-state index is 12.2. The number of phenols is 6. The standard InChI is InChI=1S/C18H18N2O10/c21-10-3-7(4-11(22)14(10)25)16(27)19-2-1-9(18(29)30)20-17(28)8-5-12(23)15(26)13(24)6-8/h3-6,9,21-26H,1-2H2,(H,19,27)(H,20,28)(H,29,30). The van der Waals surface area contributed by atoms with Crippen LogP contribution in [0, 0.1) is 0 Å². The number of rotatable bonds is 7. The van der Waals surface area contributed by atoms with E-state index in [2.05, 4.69) is 10.6 Å². The molecule has 2 amide bonds. The minimum absolute atomic E-state index is 0.200. The summed E-state index contributed by atoms with van der Waals surface area (Å²) in [5, 5.41) is 70.0. The second-order valence-electron chi connectivity index (χ2n) is 6.14. The van der Waals surface area contributed by atoms with Crippen LogP contribution in [-0.2, 0) is 4.79 Å². The Kier molecular flexibility index (Phi) is 6.42. The summed E-state index contributed by atoms with van der Waals surface area (Å²) in [6, 6.07) is 1.98. The molecule has 160 valence electrons. The fourth-order valence-electron chi connectivity index (χ4n) is 2.40. The van der Waals surface area contributed by atoms with Crippen molar-refractivity contribution in [3.63, 3.8) is 0 Å². The van der Waals surface area contributed by atoms with Gasteiger partial charge in [0.15, 0.2) is 34.5 Å². The molecule has 0 spiro atoms. The molecule has 1 atom stereocenters. The van der Waals surface area contributed by atoms with Gasteiger partial charge in [-0.05, 0) is 30.7 Å². The zero-order valence-electron chi connectivity index (χ0n) is 15.2. The summed E-state index contributed by atoms with van der Waals surface area (Å²) in [7, 11) is 0. The van der Waals surface area contributed by atoms with Gasteiger partial charge in [0, 0.05) is 17.7 Å². The number of carboxylic acids is 1. The highest BCUT2D eigenvalue weighted by Gasteiger charge is 2.22. The Labute approximate surface area is 168 Å². The number of carbonyl (C=O) groups is 3. The number of nitrogens with one attached hydrogen (secondary N) is 2. The molecular formula is C18H18N2O10. The molecule has 0 aromatic heterocycles. The smallest absolute Gasteiger partial charge is 0.326 e. The molecule has 0 aliphatic rings. The molecule has 9 N–H and O–H groups in total. The summed E-state index contributed by atoms with van der Waals surface area (Å²) in [6.07, 6.45) is -0.265. The van der Waals surface area contributed by atoms with E-state index in [0.29, 0.717) is 0 Å². The summed E-state index contributed by atoms with van der Waals surface area (Å²) in [5.41, 5.74) is -0.512. The lowest BCUT2D eigenvalue weighted by atomic mass is 10.1. The molecule has 30 heavy (non-hydrogen) atoms. The SMILES string of the molecule is O=C(NCCC(NC(=O)c1cc(O)c(O)c(O)c1)C(=O)O)c1cc(O)c(O)c(O)c1. The molecule has 0 bridgehead atoms. The number of amides is 2. The zero-order chi connectivity index (χ0) is 22.6. The maximum absolute atomic E-state index is 12.2. The topological polar surface area (TPSA) is 217 Å². The molecule has 0 fully saturated rings. The van der Waals surface area contributed by atoms with Gasteiger partial charge in [-0.1, -0.05) is 0 Å². The van der Waals surface area contributed by atoms with Crippen LogP contribution in [-0.4, -0.2) is 66.1 Å². The third-order valence-corrected chi connectivity index (χ3v) is 3.99. The van der Waals surface area contributed by atoms with Gasteiger partial charge in [0.05, 0.1) is 0 Å². The molecule has 1 unspecified atom stereocenters. The fraction of sp³-hybridized carbons (Fsp3) is 0.167. The van der Waals surface area contributed by atoms with Crippen LogP contribution in [0.4, 0.5) is 0 Å². The first-order valence-electron chi connectivity index (χ1n) is 8.33. The number of aromatic hydroxyl groups is 6. The molecule has 12 heteroatoms. The Hall–Kier alpha value is -4.35. The molecule has 0 aliphatic heterocycles. The van der Waals surface area contributed by atoms with E-state index in [0.717, 1.165) is 24.3 Å². The lowest BCUT2D eigenvalue weighted by Crippen LogP contribution is -2.43. The third kappa shape index (κ3) is 4.92. The van der Waals surface area contributed by atoms with Gasteiger partial charge in [-0.25, -0.2) is 4.79 Å². The Morgan fingerprint density at radius 2 is 1.13 bits per heavy atom. The number of hydrogen-bond donors (Lipinski definition) is 9. The molecule has 2 rings (SSSR count). The molecular weight excluding hydrogens is 404 g/mol. The first-order chi connectivity index (χ1) is 14.0. The summed E-state index contributed by atoms with van der Waals surface area (Å²) in [6.45, 7) is -0.232. The highest BCUT2D eigenvalue weighted by molar-refractivity contribution is 5.98. The number of benzene rings is 2. The Balaban J connectivity index is 2.00. The number of hydrogen-bond acceptors (Lipinski definition) is 9. The van der Waals surface area contributed by atoms with E-state index in [4.69, 9.17) is 0 Å². The van der Waals surface area contributed by atoms with Crippen molar-refractivity contribution in [1.82, 2.24) is 10.6 Å². The zero-order valence-corrected chi connectivity index (χ0v) is 15.2. The minimum Gasteiger partial charge on any atom is -0.504 e. The Bertz CT molecular complexity index is 958. The lowest BCUT2D eigenvalue weighted by Gasteiger charge is -2.15. The number of carbonyl (C=O) groups excluding carboxylic acids is 2. The maximum Gasteiger partial charge on any atom is 0.326 e. The van der Waals surface area contributed by atoms with E-state index in [1.807, 2.05) is 0 Å². The van der Waals surface area contributed by atoms with Crippen LogP contribution in [0.5, 0.6) is 34.5 Å². The van der Waals surface area contributed by atoms with Crippen LogP contribution in [0.2, 0.25) is 0 Å². The van der Waals surface area contributed by atoms with E-state index in [1.165, 1.54) is 0 Å². The predicted molar refractivity (Wildman–Crippen MR) is 98.7 cm³/mol. The number of aliphatic carboxylic acids is 1. The molecule has 0 saturated heterocycles. The highest BCUT2D eigenvalue weighted by Crippen LogP contribution is 2.36. The van der Waals surface area contributed by atoms with Gasteiger partial charge in [0.1, 0.15) is 6.04 Å². The van der Waals surface area contributed by atoms with Crippen molar-refractivity contribution < 1.29 is 50.1 Å². The summed E-state index contributed by atoms with van der Waals surface area (Å²) in [5.74, 6) is -7.82. The van der Waals surface area contributed by atoms with Crippen LogP contribution >= 0.6 is 0 Å². The van der Waals surface area contributed by atoms with Crippen molar-refractivity contribution >= 4 is 17.8 Å². The molecule has 2 aromatic carbocycles. The summed E-state index contributed by atoms with van der Waals surface area (Å²) < 4.78 is 0. The van der Waals surface area contributed by atoms with Gasteiger partial charge in [0.25, 0.3) is 11.8 Å². The van der Waals surface area contributed by atoms with Gasteiger partial charge in [-0.2, -0.15) is 0 Å². The first-order valence-corrected chi connectivity index (χ1v) is 8.33. The quantitative estimate of drug-likeness (QED) is 0.270. The monoisotopic (exact) mass is 422 g/mol. The van der Waals surface area contributed by atoms with Crippen molar-refractivity contribution in [2.45, 2.75) is 12.5 Å². The normalized spacial score (nSPS) is 11.5. The van der Waals surface area contributed by atoms with Crippen molar-refractivity contribution in [2.75, 3.05) is 6.54 Å². The van der Waals surface area contributed by atoms with Crippen LogP contribution in [0.1, 0.15) is 27.1 Å². The Morgan fingerprint density at radius 1 is 0.733 bits per heavy atom. The molecule has 0 radical (unpaired) electrons. The predicted octanol–water partition coefficient (Wildman–Crippen LogP) is -0.0767. The largest absolute Gasteiger partial charge is 0.504 e. The van der Waals surface area contributed by atoms with Crippen molar-refractivity contribution in [1.29, 1.82) is 0 Å². The lowest BCUT2D eigenvalue weighted by molar-refractivity contribution is -0.139. The van der Waals surface area contributed by atoms with Crippen LogP contribution in [0.25, 0.3) is 0 Å². The van der Waals surface area contributed by atoms with Crippen molar-refractivity contribution in [2.24, 2.45) is 0 Å². The average Bonchev–Trinajstić information content (AvgIpc) is 2.68. The summed E-state index contributed by atoms with van der Waals surface area (Å²) >= 11 is 0. The fourth-order valence-corrected chi connectivity index (χ4v) is 2.40. The minimum atomic E-state index is -1.46. The van der Waals surface area contributed by atoms with E-state index in [1.54, 1.807) is 0 Å². The van der Waals surface area contributed by atoms with Crippen LogP contribution in [0.3, 0.4) is 0 Å². The highest BCUT2D eigenvalue weighted by atomic mass is 16.4. The molecule has 0 saturated carbocycles. The van der Waals surface area contributed by atoms with Crippen LogP contribution in [0.15, 0.2) is 24.3 Å². The van der Waals surface area contributed by atoms with Gasteiger partial charge >= 0.3 is 5.97 Å². The van der Waals surface area contributed by atoms with Gasteiger partial charge in [0.2, 0.25) is 0 Å². The first kappa shape index (κ1) is 21.9. The van der Waals surface area contributed by atoms with Gasteiger partial charge in [-0.15, -0.1) is 0 Å². The molecule has 0 aliphatic carbocycles.